The fourth-order valence-electron chi connectivity index (χ4n) is 16.8. The minimum absolute atomic E-state index is 0.0773. The molecule has 0 heterocycles. The molecule has 6 fully saturated rings. The van der Waals surface area contributed by atoms with Crippen LogP contribution in [0.3, 0.4) is 0 Å². The number of carboxylic acid groups (broad SMARTS) is 1. The van der Waals surface area contributed by atoms with Crippen LogP contribution >= 0.6 is 0 Å². The van der Waals surface area contributed by atoms with Crippen molar-refractivity contribution in [3.8, 4) is 11.8 Å². The van der Waals surface area contributed by atoms with E-state index in [0.29, 0.717) is 43.1 Å². The predicted octanol–water partition coefficient (Wildman–Crippen LogP) is 9.65. The summed E-state index contributed by atoms with van der Waals surface area (Å²) in [5.41, 5.74) is 5.25. The van der Waals surface area contributed by atoms with Gasteiger partial charge in [-0.15, -0.1) is 5.92 Å². The number of ketones is 1. The fraction of sp³-hybridized carbons (Fsp3) is 0.745. The van der Waals surface area contributed by atoms with Gasteiger partial charge in [-0.25, -0.2) is 0 Å². The van der Waals surface area contributed by atoms with Gasteiger partial charge in [0.15, 0.2) is 5.78 Å². The molecule has 9 rings (SSSR count). The summed E-state index contributed by atoms with van der Waals surface area (Å²) in [5.74, 6) is 8.54. The zero-order valence-electron chi connectivity index (χ0n) is 39.2. The molecule has 4 N–H and O–H groups in total. The maximum absolute atomic E-state index is 12.5. The van der Waals surface area contributed by atoms with Crippen LogP contribution in [-0.2, 0) is 14.3 Å². The molecule has 0 amide bonds. The van der Waals surface area contributed by atoms with Crippen LogP contribution in [0.1, 0.15) is 155 Å². The number of hydrogen-bond acceptors (Lipinski definition) is 7. The largest absolute Gasteiger partial charge is 0.481 e. The van der Waals surface area contributed by atoms with Gasteiger partial charge >= 0.3 is 5.97 Å². The van der Waals surface area contributed by atoms with E-state index in [1.54, 1.807) is 5.57 Å². The van der Waals surface area contributed by atoms with Gasteiger partial charge in [-0.1, -0.05) is 51.3 Å². The van der Waals surface area contributed by atoms with Crippen LogP contribution in [0.15, 0.2) is 47.1 Å². The Bertz CT molecular complexity index is 2050. The summed E-state index contributed by atoms with van der Waals surface area (Å²) in [5, 5.41) is 45.3. The van der Waals surface area contributed by atoms with E-state index < -0.39 is 17.7 Å². The Kier molecular flexibility index (Phi) is 12.2. The number of carbonyl (C=O) groups is 2. The molecule has 1 aromatic rings. The van der Waals surface area contributed by atoms with E-state index in [1.165, 1.54) is 22.4 Å². The molecule has 1 aromatic carbocycles. The number of nitrogens with zero attached hydrogens (tertiary/aromatic N) is 1. The second-order valence-electron chi connectivity index (χ2n) is 22.9. The lowest BCUT2D eigenvalue weighted by Crippen LogP contribution is -2.62. The first-order valence-electron chi connectivity index (χ1n) is 25.2. The zero-order valence-corrected chi connectivity index (χ0v) is 39.2. The van der Waals surface area contributed by atoms with E-state index in [0.717, 1.165) is 96.4 Å². The number of aliphatic hydroxyl groups excluding tert-OH is 2. The summed E-state index contributed by atoms with van der Waals surface area (Å²) in [4.78, 5) is 26.2. The van der Waals surface area contributed by atoms with Gasteiger partial charge in [-0.05, 0) is 196 Å². The fourth-order valence-corrected chi connectivity index (χ4v) is 16.8. The van der Waals surface area contributed by atoms with E-state index in [2.05, 4.69) is 75.7 Å². The quantitative estimate of drug-likeness (QED) is 0.128. The molecule has 344 valence electrons. The molecule has 16 atom stereocenters. The molecule has 0 aliphatic heterocycles. The van der Waals surface area contributed by atoms with Gasteiger partial charge in [-0.2, -0.15) is 0 Å². The highest BCUT2D eigenvalue weighted by molar-refractivity contribution is 5.93. The monoisotopic (exact) mass is 864 g/mol. The van der Waals surface area contributed by atoms with Crippen LogP contribution in [0.5, 0.6) is 0 Å². The lowest BCUT2D eigenvalue weighted by Gasteiger charge is -2.63. The van der Waals surface area contributed by atoms with Crippen LogP contribution in [0.4, 0.5) is 5.69 Å². The molecule has 0 radical (unpaired) electrons. The maximum atomic E-state index is 12.5. The number of fused-ring (bicyclic) bond motifs is 9. The van der Waals surface area contributed by atoms with Crippen molar-refractivity contribution in [2.45, 2.75) is 174 Å². The Hall–Kier alpha value is -2.96. The second kappa shape index (κ2) is 17.0. The normalized spacial score (nSPS) is 43.2. The number of allylic oxidation sites excluding steroid dienone is 4. The Labute approximate surface area is 377 Å². The van der Waals surface area contributed by atoms with Crippen LogP contribution in [0, 0.1) is 75.4 Å². The van der Waals surface area contributed by atoms with Crippen molar-refractivity contribution in [2.24, 2.45) is 63.6 Å². The van der Waals surface area contributed by atoms with Gasteiger partial charge in [0.1, 0.15) is 5.60 Å². The Morgan fingerprint density at radius 1 is 0.952 bits per heavy atom. The number of anilines is 1. The van der Waals surface area contributed by atoms with Crippen molar-refractivity contribution in [2.75, 3.05) is 25.1 Å². The minimum atomic E-state index is -0.979. The van der Waals surface area contributed by atoms with Crippen molar-refractivity contribution in [3.05, 3.63) is 52.6 Å². The summed E-state index contributed by atoms with van der Waals surface area (Å²) in [6.45, 7) is 12.6. The number of aliphatic carboxylic acids is 1. The summed E-state index contributed by atoms with van der Waals surface area (Å²) >= 11 is 0. The van der Waals surface area contributed by atoms with Crippen LogP contribution in [0.25, 0.3) is 0 Å². The lowest BCUT2D eigenvalue weighted by atomic mass is 9.43. The molecule has 8 heteroatoms. The Morgan fingerprint density at radius 2 is 1.73 bits per heavy atom. The first-order chi connectivity index (χ1) is 30.0. The third kappa shape index (κ3) is 7.50. The highest BCUT2D eigenvalue weighted by Crippen LogP contribution is 2.69. The highest BCUT2D eigenvalue weighted by atomic mass is 16.5. The van der Waals surface area contributed by atoms with Crippen LogP contribution in [0.2, 0.25) is 0 Å². The van der Waals surface area contributed by atoms with E-state index >= 15 is 0 Å². The number of aliphatic hydroxyl groups is 3. The zero-order chi connectivity index (χ0) is 44.6. The molecule has 8 nitrogen and oxygen atoms in total. The lowest BCUT2D eigenvalue weighted by molar-refractivity contribution is -0.209. The number of hydrogen-bond donors (Lipinski definition) is 4. The van der Waals surface area contributed by atoms with E-state index in [9.17, 15) is 30.0 Å². The van der Waals surface area contributed by atoms with Crippen molar-refractivity contribution in [3.63, 3.8) is 0 Å². The minimum Gasteiger partial charge on any atom is -0.481 e. The molecule has 63 heavy (non-hydrogen) atoms. The van der Waals surface area contributed by atoms with Crippen molar-refractivity contribution in [1.29, 1.82) is 0 Å². The molecular weight excluding hydrogens is 787 g/mol. The third-order valence-corrected chi connectivity index (χ3v) is 20.3. The topological polar surface area (TPSA) is 128 Å². The van der Waals surface area contributed by atoms with E-state index in [4.69, 9.17) is 4.74 Å². The molecular formula is C55H77NO7. The SMILES string of the molecule is CC#C[C@]1(O)CC[C@H]2[C@@H]3CCC4=CC(=O)CCC4=C3[C@@H](c3ccc(N(C)CCCO[C@H]4CC[C@@]5(C)[C@@H](C4)C[C@@H](O)[C@@H]4[C@@H]5C[C@H](O)[C@]5(C)[C@@H]([C@H](C)CCC(=O)O)CC[C@@H]45)cc3)C[C@@]21C. The summed E-state index contributed by atoms with van der Waals surface area (Å²) in [7, 11) is 2.17. The summed E-state index contributed by atoms with van der Waals surface area (Å²) in [6, 6.07) is 9.16. The number of carboxylic acids is 1. The molecule has 0 saturated heterocycles. The van der Waals surface area contributed by atoms with Crippen LogP contribution in [-0.4, -0.2) is 76.3 Å². The van der Waals surface area contributed by atoms with E-state index in [1.807, 2.05) is 13.0 Å². The van der Waals surface area contributed by atoms with Gasteiger partial charge < -0.3 is 30.1 Å². The van der Waals surface area contributed by atoms with Crippen LogP contribution < -0.4 is 4.90 Å². The molecule has 0 aromatic heterocycles. The standard InChI is InChI=1S/C55H77NO7/c1-7-23-55(62)25-22-44-41-16-12-35-28-38(57)15-17-40(35)50(41)42(32-53(44,55)4)34-10-13-37(14-11-34)56(6)26-8-27-63-39-21-24-52(3)36(29-39)30-47(58)51-45-19-18-43(33(2)9-20-49(60)61)54(45,5)48(59)31-46(51)52/h10-11,13-14,28,33,36,39,41-48,51,58-59,62H,8-9,12,15-22,24-27,29-32H2,1-6H3,(H,60,61)/t33-,36+,39+,41+,42-,43-,44+,45+,46+,47-,48+,51+,52+,53+,54-,55+/m1/s1. The van der Waals surface area contributed by atoms with Gasteiger partial charge in [0.2, 0.25) is 0 Å². The molecule has 0 unspecified atom stereocenters. The first kappa shape index (κ1) is 45.2. The molecule has 0 spiro atoms. The van der Waals surface area contributed by atoms with Crippen molar-refractivity contribution < 1.29 is 34.8 Å². The third-order valence-electron chi connectivity index (χ3n) is 20.3. The second-order valence-corrected chi connectivity index (χ2v) is 22.9. The van der Waals surface area contributed by atoms with Crippen molar-refractivity contribution >= 4 is 17.4 Å². The smallest absolute Gasteiger partial charge is 0.303 e. The molecule has 0 bridgehead atoms. The predicted molar refractivity (Wildman–Crippen MR) is 247 cm³/mol. The van der Waals surface area contributed by atoms with Gasteiger partial charge in [-0.3, -0.25) is 9.59 Å². The van der Waals surface area contributed by atoms with Gasteiger partial charge in [0.05, 0.1) is 18.3 Å². The molecule has 8 aliphatic carbocycles. The number of carbonyl (C=O) groups excluding carboxylic acids is 1. The number of rotatable bonds is 11. The van der Waals surface area contributed by atoms with Gasteiger partial charge in [0.25, 0.3) is 0 Å². The number of ether oxygens (including phenoxy) is 1. The maximum Gasteiger partial charge on any atom is 0.303 e. The average Bonchev–Trinajstić information content (AvgIpc) is 3.75. The van der Waals surface area contributed by atoms with Gasteiger partial charge in [0, 0.05) is 50.1 Å². The van der Waals surface area contributed by atoms with Crippen molar-refractivity contribution in [1.82, 2.24) is 0 Å². The summed E-state index contributed by atoms with van der Waals surface area (Å²) < 4.78 is 6.64. The Morgan fingerprint density at radius 3 is 2.48 bits per heavy atom. The summed E-state index contributed by atoms with van der Waals surface area (Å²) in [6.07, 6.45) is 15.7. The highest BCUT2D eigenvalue weighted by Gasteiger charge is 2.66. The van der Waals surface area contributed by atoms with E-state index in [-0.39, 0.29) is 70.2 Å². The average molecular weight is 864 g/mol. The molecule has 6 saturated carbocycles. The molecule has 8 aliphatic rings. The Balaban J connectivity index is 0.815. The first-order valence-corrected chi connectivity index (χ1v) is 25.2. The number of benzene rings is 1.